The Morgan fingerprint density at radius 2 is 1.88 bits per heavy atom. The lowest BCUT2D eigenvalue weighted by molar-refractivity contribution is -0.0493. The van der Waals surface area contributed by atoms with Crippen LogP contribution in [0, 0.1) is 5.92 Å². The van der Waals surface area contributed by atoms with Crippen LogP contribution < -0.4 is 5.32 Å². The molecule has 1 N–H and O–H groups in total. The lowest BCUT2D eigenvalue weighted by atomic mass is 10.1. The first-order valence-corrected chi connectivity index (χ1v) is 6.32. The van der Waals surface area contributed by atoms with Crippen LogP contribution in [0.1, 0.15) is 24.5 Å². The summed E-state index contributed by atoms with van der Waals surface area (Å²) in [7, 11) is 0. The summed E-state index contributed by atoms with van der Waals surface area (Å²) in [6.45, 7) is 1.92. The van der Waals surface area contributed by atoms with Crippen LogP contribution in [0.3, 0.4) is 0 Å². The lowest BCUT2D eigenvalue weighted by Gasteiger charge is -2.31. The van der Waals surface area contributed by atoms with E-state index in [0.29, 0.717) is 6.10 Å². The van der Waals surface area contributed by atoms with Gasteiger partial charge in [0.2, 0.25) is 0 Å². The number of morpholine rings is 1. The monoisotopic (exact) mass is 237 g/mol. The van der Waals surface area contributed by atoms with Crippen LogP contribution in [-0.4, -0.2) is 19.2 Å². The molecule has 2 nitrogen and oxygen atoms in total. The van der Waals surface area contributed by atoms with Gasteiger partial charge in [-0.1, -0.05) is 23.7 Å². The van der Waals surface area contributed by atoms with E-state index in [1.807, 2.05) is 12.1 Å². The molecule has 1 saturated carbocycles. The van der Waals surface area contributed by atoms with E-state index in [9.17, 15) is 0 Å². The Kier molecular flexibility index (Phi) is 2.88. The van der Waals surface area contributed by atoms with Crippen molar-refractivity contribution in [1.82, 2.24) is 5.32 Å². The third-order valence-corrected chi connectivity index (χ3v) is 3.66. The number of hydrogen-bond acceptors (Lipinski definition) is 2. The molecule has 2 aliphatic rings. The zero-order chi connectivity index (χ0) is 11.0. The predicted octanol–water partition coefficient (Wildman–Crippen LogP) is 2.78. The molecule has 1 aromatic carbocycles. The molecule has 0 amide bonds. The van der Waals surface area contributed by atoms with Crippen molar-refractivity contribution in [3.8, 4) is 0 Å². The summed E-state index contributed by atoms with van der Waals surface area (Å²) < 4.78 is 6.13. The van der Waals surface area contributed by atoms with Crippen LogP contribution in [0.5, 0.6) is 0 Å². The summed E-state index contributed by atoms with van der Waals surface area (Å²) in [6, 6.07) is 7.98. The first kappa shape index (κ1) is 10.6. The van der Waals surface area contributed by atoms with E-state index >= 15 is 0 Å². The normalized spacial score (nSPS) is 30.3. The molecule has 3 rings (SSSR count). The number of nitrogens with one attached hydrogen (secondary N) is 1. The Morgan fingerprint density at radius 1 is 1.12 bits per heavy atom. The predicted molar refractivity (Wildman–Crippen MR) is 64.7 cm³/mol. The summed E-state index contributed by atoms with van der Waals surface area (Å²) in [5, 5.41) is 4.24. The van der Waals surface area contributed by atoms with Gasteiger partial charge >= 0.3 is 0 Å². The zero-order valence-electron chi connectivity index (χ0n) is 9.16. The summed E-state index contributed by atoms with van der Waals surface area (Å²) in [4.78, 5) is 0. The van der Waals surface area contributed by atoms with Gasteiger partial charge in [-0.2, -0.15) is 0 Å². The average Bonchev–Trinajstić information content (AvgIpc) is 3.14. The SMILES string of the molecule is Clc1ccc(C2CNCC(C3CC3)O2)cc1. The largest absolute Gasteiger partial charge is 0.367 e. The lowest BCUT2D eigenvalue weighted by Crippen LogP contribution is -2.41. The van der Waals surface area contributed by atoms with Crippen LogP contribution in [0.25, 0.3) is 0 Å². The molecular weight excluding hydrogens is 222 g/mol. The maximum atomic E-state index is 6.13. The standard InChI is InChI=1S/C13H16ClNO/c14-11-5-3-10(4-6-11)13-8-15-7-12(16-13)9-1-2-9/h3-6,9,12-13,15H,1-2,7-8H2. The van der Waals surface area contributed by atoms with Gasteiger partial charge in [-0.05, 0) is 36.5 Å². The Labute approximate surface area is 101 Å². The topological polar surface area (TPSA) is 21.3 Å². The molecular formula is C13H16ClNO. The number of hydrogen-bond donors (Lipinski definition) is 1. The quantitative estimate of drug-likeness (QED) is 0.854. The van der Waals surface area contributed by atoms with Gasteiger partial charge in [-0.3, -0.25) is 0 Å². The Hall–Kier alpha value is -0.570. The minimum atomic E-state index is 0.191. The van der Waals surface area contributed by atoms with Gasteiger partial charge in [0.25, 0.3) is 0 Å². The van der Waals surface area contributed by atoms with Gasteiger partial charge in [0.05, 0.1) is 12.2 Å². The highest BCUT2D eigenvalue weighted by atomic mass is 35.5. The first-order chi connectivity index (χ1) is 7.83. The molecule has 1 aliphatic heterocycles. The van der Waals surface area contributed by atoms with Crippen molar-refractivity contribution in [3.05, 3.63) is 34.9 Å². The minimum Gasteiger partial charge on any atom is -0.367 e. The Balaban J connectivity index is 1.71. The highest BCUT2D eigenvalue weighted by Gasteiger charge is 2.35. The molecule has 0 aromatic heterocycles. The van der Waals surface area contributed by atoms with Crippen molar-refractivity contribution in [2.75, 3.05) is 13.1 Å². The van der Waals surface area contributed by atoms with Gasteiger partial charge in [-0.25, -0.2) is 0 Å². The fourth-order valence-corrected chi connectivity index (χ4v) is 2.41. The molecule has 1 aliphatic carbocycles. The highest BCUT2D eigenvalue weighted by Crippen LogP contribution is 2.37. The van der Waals surface area contributed by atoms with Crippen molar-refractivity contribution in [2.45, 2.75) is 25.0 Å². The molecule has 2 fully saturated rings. The van der Waals surface area contributed by atoms with E-state index in [1.165, 1.54) is 18.4 Å². The number of rotatable bonds is 2. The maximum absolute atomic E-state index is 6.13. The number of halogens is 1. The van der Waals surface area contributed by atoms with E-state index in [4.69, 9.17) is 16.3 Å². The van der Waals surface area contributed by atoms with E-state index < -0.39 is 0 Å². The summed E-state index contributed by atoms with van der Waals surface area (Å²) >= 11 is 5.88. The van der Waals surface area contributed by atoms with Crippen LogP contribution in [-0.2, 0) is 4.74 Å². The van der Waals surface area contributed by atoms with Gasteiger partial charge in [0.15, 0.2) is 0 Å². The van der Waals surface area contributed by atoms with Gasteiger partial charge in [0.1, 0.15) is 0 Å². The van der Waals surface area contributed by atoms with Crippen molar-refractivity contribution in [3.63, 3.8) is 0 Å². The van der Waals surface area contributed by atoms with Crippen molar-refractivity contribution in [1.29, 1.82) is 0 Å². The Morgan fingerprint density at radius 3 is 2.56 bits per heavy atom. The Bertz CT molecular complexity index is 361. The second-order valence-electron chi connectivity index (χ2n) is 4.71. The summed E-state index contributed by atoms with van der Waals surface area (Å²) in [5.41, 5.74) is 1.22. The van der Waals surface area contributed by atoms with Gasteiger partial charge in [0, 0.05) is 18.1 Å². The van der Waals surface area contributed by atoms with Crippen molar-refractivity contribution < 1.29 is 4.74 Å². The molecule has 2 unspecified atom stereocenters. The molecule has 2 atom stereocenters. The van der Waals surface area contributed by atoms with Gasteiger partial charge in [-0.15, -0.1) is 0 Å². The molecule has 1 saturated heterocycles. The first-order valence-electron chi connectivity index (χ1n) is 5.94. The molecule has 16 heavy (non-hydrogen) atoms. The van der Waals surface area contributed by atoms with Crippen LogP contribution in [0.15, 0.2) is 24.3 Å². The second kappa shape index (κ2) is 4.36. The van der Waals surface area contributed by atoms with E-state index in [0.717, 1.165) is 24.0 Å². The van der Waals surface area contributed by atoms with Crippen molar-refractivity contribution >= 4 is 11.6 Å². The van der Waals surface area contributed by atoms with E-state index in [1.54, 1.807) is 0 Å². The number of benzene rings is 1. The molecule has 86 valence electrons. The number of ether oxygens (including phenoxy) is 1. The average molecular weight is 238 g/mol. The zero-order valence-corrected chi connectivity index (χ0v) is 9.91. The fraction of sp³-hybridized carbons (Fsp3) is 0.538. The third kappa shape index (κ3) is 2.24. The minimum absolute atomic E-state index is 0.191. The van der Waals surface area contributed by atoms with E-state index in [2.05, 4.69) is 17.4 Å². The second-order valence-corrected chi connectivity index (χ2v) is 5.15. The molecule has 3 heteroatoms. The maximum Gasteiger partial charge on any atom is 0.0953 e. The third-order valence-electron chi connectivity index (χ3n) is 3.40. The van der Waals surface area contributed by atoms with E-state index in [-0.39, 0.29) is 6.10 Å². The molecule has 0 radical (unpaired) electrons. The van der Waals surface area contributed by atoms with Crippen LogP contribution in [0.4, 0.5) is 0 Å². The van der Waals surface area contributed by atoms with Gasteiger partial charge < -0.3 is 10.1 Å². The molecule has 0 bridgehead atoms. The summed E-state index contributed by atoms with van der Waals surface area (Å²) in [6.07, 6.45) is 3.27. The van der Waals surface area contributed by atoms with Crippen LogP contribution in [0.2, 0.25) is 5.02 Å². The van der Waals surface area contributed by atoms with Crippen molar-refractivity contribution in [2.24, 2.45) is 5.92 Å². The highest BCUT2D eigenvalue weighted by molar-refractivity contribution is 6.30. The molecule has 1 aromatic rings. The molecule has 0 spiro atoms. The molecule has 1 heterocycles. The van der Waals surface area contributed by atoms with Crippen LogP contribution >= 0.6 is 11.6 Å². The fourth-order valence-electron chi connectivity index (χ4n) is 2.28. The summed E-state index contributed by atoms with van der Waals surface area (Å²) in [5.74, 6) is 0.794. The smallest absolute Gasteiger partial charge is 0.0953 e.